The van der Waals surface area contributed by atoms with Crippen molar-refractivity contribution in [2.75, 3.05) is 49.3 Å². The molecule has 3 heterocycles. The maximum Gasteiger partial charge on any atom is 0.415 e. The summed E-state index contributed by atoms with van der Waals surface area (Å²) in [5.74, 6) is 1.31. The predicted octanol–water partition coefficient (Wildman–Crippen LogP) is 1.53. The van der Waals surface area contributed by atoms with Gasteiger partial charge >= 0.3 is 6.09 Å². The zero-order valence-electron chi connectivity index (χ0n) is 10.3. The molecule has 0 spiro atoms. The Morgan fingerprint density at radius 3 is 2.53 bits per heavy atom. The van der Waals surface area contributed by atoms with E-state index >= 15 is 0 Å². The number of cyclic esters (lactones) is 1. The lowest BCUT2D eigenvalue weighted by molar-refractivity contribution is 0.122. The summed E-state index contributed by atoms with van der Waals surface area (Å²) < 4.78 is 10.2. The van der Waals surface area contributed by atoms with Crippen molar-refractivity contribution in [2.45, 2.75) is 0 Å². The minimum atomic E-state index is -0.373. The molecule has 6 nitrogen and oxygen atoms in total. The van der Waals surface area contributed by atoms with Crippen LogP contribution >= 0.6 is 11.6 Å². The number of rotatable bonds is 2. The van der Waals surface area contributed by atoms with Crippen LogP contribution in [0.1, 0.15) is 0 Å². The summed E-state index contributed by atoms with van der Waals surface area (Å²) >= 11 is 6.12. The molecule has 19 heavy (non-hydrogen) atoms. The molecule has 0 aliphatic carbocycles. The number of halogens is 1. The Kier molecular flexibility index (Phi) is 3.44. The van der Waals surface area contributed by atoms with Gasteiger partial charge in [0, 0.05) is 24.2 Å². The average molecular weight is 284 g/mol. The monoisotopic (exact) mass is 283 g/mol. The molecule has 0 atom stereocenters. The van der Waals surface area contributed by atoms with Crippen molar-refractivity contribution in [3.8, 4) is 0 Å². The normalized spacial score (nSPS) is 19.7. The predicted molar refractivity (Wildman–Crippen MR) is 71.0 cm³/mol. The van der Waals surface area contributed by atoms with Gasteiger partial charge in [-0.2, -0.15) is 0 Å². The molecule has 0 bridgehead atoms. The Labute approximate surface area is 115 Å². The van der Waals surface area contributed by atoms with Crippen molar-refractivity contribution in [1.29, 1.82) is 0 Å². The summed E-state index contributed by atoms with van der Waals surface area (Å²) in [6.45, 7) is 3.80. The third-order valence-corrected chi connectivity index (χ3v) is 3.35. The van der Waals surface area contributed by atoms with Crippen LogP contribution in [0, 0.1) is 0 Å². The van der Waals surface area contributed by atoms with Crippen molar-refractivity contribution >= 4 is 29.3 Å². The highest BCUT2D eigenvalue weighted by Crippen LogP contribution is 2.26. The first kappa shape index (κ1) is 12.5. The molecule has 3 rings (SSSR count). The van der Waals surface area contributed by atoms with Crippen molar-refractivity contribution in [1.82, 2.24) is 4.98 Å². The Morgan fingerprint density at radius 1 is 1.11 bits per heavy atom. The maximum atomic E-state index is 11.6. The van der Waals surface area contributed by atoms with Crippen molar-refractivity contribution < 1.29 is 14.3 Å². The molecule has 0 radical (unpaired) electrons. The van der Waals surface area contributed by atoms with Gasteiger partial charge in [0.05, 0.1) is 19.8 Å². The Morgan fingerprint density at radius 2 is 1.84 bits per heavy atom. The van der Waals surface area contributed by atoms with Crippen LogP contribution in [0.4, 0.5) is 16.4 Å². The van der Waals surface area contributed by atoms with Crippen LogP contribution < -0.4 is 9.80 Å². The van der Waals surface area contributed by atoms with Crippen LogP contribution in [0.3, 0.4) is 0 Å². The first-order valence-corrected chi connectivity index (χ1v) is 6.56. The molecule has 102 valence electrons. The van der Waals surface area contributed by atoms with E-state index in [2.05, 4.69) is 9.88 Å². The first-order chi connectivity index (χ1) is 9.24. The number of amides is 1. The van der Waals surface area contributed by atoms with Crippen LogP contribution in [0.25, 0.3) is 0 Å². The molecule has 2 saturated heterocycles. The fourth-order valence-corrected chi connectivity index (χ4v) is 2.36. The smallest absolute Gasteiger partial charge is 0.415 e. The van der Waals surface area contributed by atoms with Crippen LogP contribution in [0.2, 0.25) is 5.02 Å². The van der Waals surface area contributed by atoms with Gasteiger partial charge in [-0.05, 0) is 6.07 Å². The van der Waals surface area contributed by atoms with Crippen LogP contribution in [-0.2, 0) is 9.47 Å². The largest absolute Gasteiger partial charge is 0.447 e. The number of hydrogen-bond acceptors (Lipinski definition) is 5. The second kappa shape index (κ2) is 5.22. The number of carbonyl (C=O) groups excluding carboxylic acids is 1. The van der Waals surface area contributed by atoms with Crippen LogP contribution in [0.5, 0.6) is 0 Å². The quantitative estimate of drug-likeness (QED) is 0.824. The minimum Gasteiger partial charge on any atom is -0.447 e. The lowest BCUT2D eigenvalue weighted by Crippen LogP contribution is -2.37. The molecule has 7 heteroatoms. The van der Waals surface area contributed by atoms with Gasteiger partial charge in [0.15, 0.2) is 0 Å². The molecule has 2 fully saturated rings. The van der Waals surface area contributed by atoms with E-state index in [1.54, 1.807) is 12.1 Å². The molecule has 2 aliphatic heterocycles. The number of carbonyl (C=O) groups is 1. The topological polar surface area (TPSA) is 54.9 Å². The third-order valence-electron chi connectivity index (χ3n) is 3.14. The van der Waals surface area contributed by atoms with Gasteiger partial charge < -0.3 is 14.4 Å². The molecule has 0 saturated carbocycles. The summed E-state index contributed by atoms with van der Waals surface area (Å²) in [5.41, 5.74) is 0. The van der Waals surface area contributed by atoms with Gasteiger partial charge in [-0.1, -0.05) is 11.6 Å². The third kappa shape index (κ3) is 2.59. The SMILES string of the molecule is O=C1OCCN1c1cc(Cl)cc(N2CCOCC2)n1. The molecule has 1 aromatic heterocycles. The Hall–Kier alpha value is -1.53. The molecule has 0 N–H and O–H groups in total. The number of morpholine rings is 1. The summed E-state index contributed by atoms with van der Waals surface area (Å²) in [6.07, 6.45) is -0.373. The Bertz CT molecular complexity index is 491. The molecule has 0 aromatic carbocycles. The van der Waals surface area contributed by atoms with E-state index < -0.39 is 0 Å². The van der Waals surface area contributed by atoms with Gasteiger partial charge in [0.1, 0.15) is 18.2 Å². The molecule has 2 aliphatic rings. The zero-order chi connectivity index (χ0) is 13.2. The van der Waals surface area contributed by atoms with E-state index in [9.17, 15) is 4.79 Å². The second-order valence-corrected chi connectivity index (χ2v) is 4.80. The highest BCUT2D eigenvalue weighted by molar-refractivity contribution is 6.31. The number of anilines is 2. The fraction of sp³-hybridized carbons (Fsp3) is 0.500. The van der Waals surface area contributed by atoms with Crippen LogP contribution in [0.15, 0.2) is 12.1 Å². The standard InChI is InChI=1S/C12H14ClN3O3/c13-9-7-10(15-1-4-18-5-2-15)14-11(8-9)16-3-6-19-12(16)17/h7-8H,1-6H2. The van der Waals surface area contributed by atoms with E-state index in [1.807, 2.05) is 0 Å². The summed E-state index contributed by atoms with van der Waals surface area (Å²) in [6, 6.07) is 3.48. The van der Waals surface area contributed by atoms with Gasteiger partial charge in [-0.3, -0.25) is 4.90 Å². The molecule has 1 amide bonds. The maximum absolute atomic E-state index is 11.6. The van der Waals surface area contributed by atoms with Crippen molar-refractivity contribution in [3.05, 3.63) is 17.2 Å². The number of nitrogens with zero attached hydrogens (tertiary/aromatic N) is 3. The number of hydrogen-bond donors (Lipinski definition) is 0. The van der Waals surface area contributed by atoms with E-state index in [-0.39, 0.29) is 6.09 Å². The minimum absolute atomic E-state index is 0.373. The van der Waals surface area contributed by atoms with Crippen molar-refractivity contribution in [2.24, 2.45) is 0 Å². The van der Waals surface area contributed by atoms with E-state index in [1.165, 1.54) is 4.90 Å². The first-order valence-electron chi connectivity index (χ1n) is 6.18. The number of pyridine rings is 1. The number of ether oxygens (including phenoxy) is 2. The lowest BCUT2D eigenvalue weighted by Gasteiger charge is -2.28. The van der Waals surface area contributed by atoms with Gasteiger partial charge in [-0.15, -0.1) is 0 Å². The van der Waals surface area contributed by atoms with Crippen molar-refractivity contribution in [3.63, 3.8) is 0 Å². The molecular weight excluding hydrogens is 270 g/mol. The zero-order valence-corrected chi connectivity index (χ0v) is 11.1. The van der Waals surface area contributed by atoms with Crippen LogP contribution in [-0.4, -0.2) is 50.5 Å². The van der Waals surface area contributed by atoms with Gasteiger partial charge in [0.25, 0.3) is 0 Å². The van der Waals surface area contributed by atoms with Gasteiger partial charge in [-0.25, -0.2) is 9.78 Å². The average Bonchev–Trinajstić information content (AvgIpc) is 2.85. The lowest BCUT2D eigenvalue weighted by atomic mass is 10.3. The second-order valence-electron chi connectivity index (χ2n) is 4.37. The summed E-state index contributed by atoms with van der Waals surface area (Å²) in [4.78, 5) is 19.7. The Balaban J connectivity index is 1.88. The fourth-order valence-electron chi connectivity index (χ4n) is 2.16. The van der Waals surface area contributed by atoms with E-state index in [0.29, 0.717) is 37.2 Å². The highest BCUT2D eigenvalue weighted by Gasteiger charge is 2.26. The number of aromatic nitrogens is 1. The molecule has 1 aromatic rings. The van der Waals surface area contributed by atoms with E-state index in [4.69, 9.17) is 21.1 Å². The summed E-state index contributed by atoms with van der Waals surface area (Å²) in [5, 5.41) is 0.561. The summed E-state index contributed by atoms with van der Waals surface area (Å²) in [7, 11) is 0. The molecular formula is C12H14ClN3O3. The van der Waals surface area contributed by atoms with Gasteiger partial charge in [0.2, 0.25) is 0 Å². The van der Waals surface area contributed by atoms with E-state index in [0.717, 1.165) is 18.9 Å². The highest BCUT2D eigenvalue weighted by atomic mass is 35.5. The molecule has 0 unspecified atom stereocenters.